The minimum absolute atomic E-state index is 0.0148. The van der Waals surface area contributed by atoms with E-state index in [1.54, 1.807) is 6.26 Å². The van der Waals surface area contributed by atoms with Gasteiger partial charge in [-0.15, -0.1) is 0 Å². The SMILES string of the molecule is C[C@H](c1ccco1)N(C(=O)NC[C@@H]1CCO[C@H]1C(C)(C)C)C1CC1. The van der Waals surface area contributed by atoms with Crippen LogP contribution in [0.25, 0.3) is 0 Å². The number of amides is 2. The van der Waals surface area contributed by atoms with E-state index in [9.17, 15) is 4.79 Å². The van der Waals surface area contributed by atoms with Crippen LogP contribution in [-0.2, 0) is 4.74 Å². The maximum atomic E-state index is 12.8. The molecule has 24 heavy (non-hydrogen) atoms. The van der Waals surface area contributed by atoms with Crippen molar-refractivity contribution >= 4 is 6.03 Å². The summed E-state index contributed by atoms with van der Waals surface area (Å²) in [6, 6.07) is 4.13. The van der Waals surface area contributed by atoms with Crippen molar-refractivity contribution < 1.29 is 13.9 Å². The zero-order valence-corrected chi connectivity index (χ0v) is 15.2. The lowest BCUT2D eigenvalue weighted by Crippen LogP contribution is -2.46. The fourth-order valence-electron chi connectivity index (χ4n) is 3.79. The molecule has 1 aliphatic heterocycles. The van der Waals surface area contributed by atoms with Gasteiger partial charge in [0.2, 0.25) is 0 Å². The number of urea groups is 1. The van der Waals surface area contributed by atoms with Crippen LogP contribution in [0.5, 0.6) is 0 Å². The highest BCUT2D eigenvalue weighted by Gasteiger charge is 2.40. The molecule has 0 unspecified atom stereocenters. The number of hydrogen-bond acceptors (Lipinski definition) is 3. The van der Waals surface area contributed by atoms with Crippen LogP contribution in [0.3, 0.4) is 0 Å². The molecule has 2 fully saturated rings. The molecule has 0 aromatic carbocycles. The van der Waals surface area contributed by atoms with Crippen molar-refractivity contribution in [3.8, 4) is 0 Å². The second-order valence-electron chi connectivity index (χ2n) is 8.22. The highest BCUT2D eigenvalue weighted by Crippen LogP contribution is 2.36. The van der Waals surface area contributed by atoms with Gasteiger partial charge in [0.25, 0.3) is 0 Å². The Hall–Kier alpha value is -1.49. The lowest BCUT2D eigenvalue weighted by Gasteiger charge is -2.32. The largest absolute Gasteiger partial charge is 0.467 e. The third kappa shape index (κ3) is 3.77. The molecule has 1 saturated heterocycles. The molecule has 134 valence electrons. The number of rotatable bonds is 5. The highest BCUT2D eigenvalue weighted by atomic mass is 16.5. The first kappa shape index (κ1) is 17.3. The van der Waals surface area contributed by atoms with Gasteiger partial charge in [-0.25, -0.2) is 4.79 Å². The molecule has 3 rings (SSSR count). The Morgan fingerprint density at radius 3 is 2.71 bits per heavy atom. The zero-order chi connectivity index (χ0) is 17.3. The van der Waals surface area contributed by atoms with Crippen molar-refractivity contribution in [1.82, 2.24) is 10.2 Å². The second kappa shape index (κ2) is 6.79. The maximum Gasteiger partial charge on any atom is 0.318 e. The highest BCUT2D eigenvalue weighted by molar-refractivity contribution is 5.75. The standard InChI is InChI=1S/C19H30N2O3/c1-13(16-6-5-10-23-16)21(15-7-8-15)18(22)20-12-14-9-11-24-17(14)19(2,3)4/h5-6,10,13-15,17H,7-9,11-12H2,1-4H3,(H,20,22)/t13-,14+,17-/m1/s1. The number of hydrogen-bond donors (Lipinski definition) is 1. The fraction of sp³-hybridized carbons (Fsp3) is 0.737. The van der Waals surface area contributed by atoms with Gasteiger partial charge in [-0.05, 0) is 43.7 Å². The lowest BCUT2D eigenvalue weighted by molar-refractivity contribution is 0.00744. The molecule has 0 spiro atoms. The molecule has 3 atom stereocenters. The van der Waals surface area contributed by atoms with Crippen molar-refractivity contribution in [3.63, 3.8) is 0 Å². The van der Waals surface area contributed by atoms with E-state index >= 15 is 0 Å². The van der Waals surface area contributed by atoms with Crippen LogP contribution in [0, 0.1) is 11.3 Å². The van der Waals surface area contributed by atoms with Gasteiger partial charge in [-0.3, -0.25) is 0 Å². The fourth-order valence-corrected chi connectivity index (χ4v) is 3.79. The number of carbonyl (C=O) groups is 1. The predicted molar refractivity (Wildman–Crippen MR) is 92.7 cm³/mol. The third-order valence-corrected chi connectivity index (χ3v) is 5.13. The van der Waals surface area contributed by atoms with E-state index in [0.717, 1.165) is 31.6 Å². The van der Waals surface area contributed by atoms with Gasteiger partial charge >= 0.3 is 6.03 Å². The summed E-state index contributed by atoms with van der Waals surface area (Å²) >= 11 is 0. The van der Waals surface area contributed by atoms with E-state index < -0.39 is 0 Å². The predicted octanol–water partition coefficient (Wildman–Crippen LogP) is 3.97. The van der Waals surface area contributed by atoms with E-state index in [0.29, 0.717) is 18.5 Å². The van der Waals surface area contributed by atoms with Gasteiger partial charge in [0.1, 0.15) is 5.76 Å². The smallest absolute Gasteiger partial charge is 0.318 e. The Morgan fingerprint density at radius 2 is 2.12 bits per heavy atom. The van der Waals surface area contributed by atoms with E-state index in [1.165, 1.54) is 0 Å². The molecule has 1 saturated carbocycles. The maximum absolute atomic E-state index is 12.8. The average molecular weight is 334 g/mol. The second-order valence-corrected chi connectivity index (χ2v) is 8.22. The molecular weight excluding hydrogens is 304 g/mol. The summed E-state index contributed by atoms with van der Waals surface area (Å²) in [7, 11) is 0. The summed E-state index contributed by atoms with van der Waals surface area (Å²) in [5, 5.41) is 3.16. The monoisotopic (exact) mass is 334 g/mol. The summed E-state index contributed by atoms with van der Waals surface area (Å²) in [5.41, 5.74) is 0.101. The Balaban J connectivity index is 1.60. The molecule has 1 aliphatic carbocycles. The van der Waals surface area contributed by atoms with E-state index in [4.69, 9.17) is 9.15 Å². The molecule has 1 N–H and O–H groups in total. The lowest BCUT2D eigenvalue weighted by atomic mass is 9.81. The molecule has 1 aromatic heterocycles. The van der Waals surface area contributed by atoms with Gasteiger partial charge in [0.05, 0.1) is 18.4 Å². The van der Waals surface area contributed by atoms with Crippen LogP contribution in [0.15, 0.2) is 22.8 Å². The Bertz CT molecular complexity index is 545. The minimum atomic E-state index is -0.0364. The van der Waals surface area contributed by atoms with Crippen molar-refractivity contribution in [2.45, 2.75) is 65.1 Å². The molecule has 0 radical (unpaired) electrons. The topological polar surface area (TPSA) is 54.7 Å². The van der Waals surface area contributed by atoms with E-state index in [1.807, 2.05) is 24.0 Å². The normalized spacial score (nSPS) is 25.5. The Kier molecular flexibility index (Phi) is 4.90. The molecule has 0 bridgehead atoms. The van der Waals surface area contributed by atoms with Gasteiger partial charge < -0.3 is 19.4 Å². The third-order valence-electron chi connectivity index (χ3n) is 5.13. The first-order valence-electron chi connectivity index (χ1n) is 9.09. The molecule has 5 heteroatoms. The molecule has 2 heterocycles. The Labute approximate surface area is 144 Å². The Morgan fingerprint density at radius 1 is 1.38 bits per heavy atom. The molecule has 1 aromatic rings. The van der Waals surface area contributed by atoms with Crippen molar-refractivity contribution in [3.05, 3.63) is 24.2 Å². The van der Waals surface area contributed by atoms with Gasteiger partial charge in [-0.1, -0.05) is 20.8 Å². The van der Waals surface area contributed by atoms with Crippen LogP contribution in [0.4, 0.5) is 4.79 Å². The van der Waals surface area contributed by atoms with E-state index in [-0.39, 0.29) is 23.6 Å². The van der Waals surface area contributed by atoms with Crippen LogP contribution in [-0.4, -0.2) is 36.2 Å². The number of ether oxygens (including phenoxy) is 1. The first-order chi connectivity index (χ1) is 11.4. The van der Waals surface area contributed by atoms with Crippen LogP contribution < -0.4 is 5.32 Å². The quantitative estimate of drug-likeness (QED) is 0.886. The van der Waals surface area contributed by atoms with E-state index in [2.05, 4.69) is 26.1 Å². The molecule has 2 amide bonds. The van der Waals surface area contributed by atoms with Crippen LogP contribution in [0.1, 0.15) is 58.8 Å². The average Bonchev–Trinajstić information content (AvgIpc) is 3.05. The van der Waals surface area contributed by atoms with Crippen molar-refractivity contribution in [2.75, 3.05) is 13.2 Å². The van der Waals surface area contributed by atoms with Crippen LogP contribution >= 0.6 is 0 Å². The van der Waals surface area contributed by atoms with Gasteiger partial charge in [0, 0.05) is 25.1 Å². The number of nitrogens with one attached hydrogen (secondary N) is 1. The summed E-state index contributed by atoms with van der Waals surface area (Å²) in [6.45, 7) is 10.1. The number of nitrogens with zero attached hydrogens (tertiary/aromatic N) is 1. The zero-order valence-electron chi connectivity index (χ0n) is 15.2. The molecule has 2 aliphatic rings. The molecule has 5 nitrogen and oxygen atoms in total. The molecular formula is C19H30N2O3. The summed E-state index contributed by atoms with van der Waals surface area (Å²) in [4.78, 5) is 14.8. The van der Waals surface area contributed by atoms with Gasteiger partial charge in [-0.2, -0.15) is 0 Å². The van der Waals surface area contributed by atoms with Crippen LogP contribution in [0.2, 0.25) is 0 Å². The minimum Gasteiger partial charge on any atom is -0.467 e. The summed E-state index contributed by atoms with van der Waals surface area (Å²) in [6.07, 6.45) is 5.04. The number of carbonyl (C=O) groups excluding carboxylic acids is 1. The van der Waals surface area contributed by atoms with Gasteiger partial charge in [0.15, 0.2) is 0 Å². The number of furan rings is 1. The summed E-state index contributed by atoms with van der Waals surface area (Å²) < 4.78 is 11.4. The first-order valence-corrected chi connectivity index (χ1v) is 9.09. The van der Waals surface area contributed by atoms with Crippen molar-refractivity contribution in [2.24, 2.45) is 11.3 Å². The van der Waals surface area contributed by atoms with Crippen molar-refractivity contribution in [1.29, 1.82) is 0 Å². The summed E-state index contributed by atoms with van der Waals surface area (Å²) in [5.74, 6) is 1.22.